The summed E-state index contributed by atoms with van der Waals surface area (Å²) >= 11 is 0. The van der Waals surface area contributed by atoms with Crippen LogP contribution < -0.4 is 5.73 Å². The maximum absolute atomic E-state index is 5.87. The minimum atomic E-state index is 0.518. The molecular formula is C15H22N2. The largest absolute Gasteiger partial charge is 0.399 e. The van der Waals surface area contributed by atoms with Gasteiger partial charge in [0.15, 0.2) is 0 Å². The Balaban J connectivity index is 1.73. The lowest BCUT2D eigenvalue weighted by Gasteiger charge is -2.25. The Kier molecular flexibility index (Phi) is 2.83. The van der Waals surface area contributed by atoms with E-state index in [-0.39, 0.29) is 0 Å². The van der Waals surface area contributed by atoms with Crippen LogP contribution in [0.4, 0.5) is 5.69 Å². The lowest BCUT2D eigenvalue weighted by molar-refractivity contribution is 0.242. The van der Waals surface area contributed by atoms with E-state index in [9.17, 15) is 0 Å². The summed E-state index contributed by atoms with van der Waals surface area (Å²) in [5.41, 5.74) is 8.12. The molecule has 1 heterocycles. The van der Waals surface area contributed by atoms with E-state index in [2.05, 4.69) is 30.0 Å². The molecule has 2 fully saturated rings. The van der Waals surface area contributed by atoms with Gasteiger partial charge in [-0.1, -0.05) is 18.6 Å². The minimum absolute atomic E-state index is 0.518. The van der Waals surface area contributed by atoms with Crippen LogP contribution in [0.3, 0.4) is 0 Å². The van der Waals surface area contributed by atoms with Gasteiger partial charge in [0.25, 0.3) is 0 Å². The van der Waals surface area contributed by atoms with E-state index < -0.39 is 0 Å². The molecule has 1 aliphatic heterocycles. The van der Waals surface area contributed by atoms with Crippen LogP contribution in [0.2, 0.25) is 0 Å². The summed E-state index contributed by atoms with van der Waals surface area (Å²) in [6, 6.07) is 8.88. The van der Waals surface area contributed by atoms with Crippen molar-refractivity contribution in [3.05, 3.63) is 29.8 Å². The summed E-state index contributed by atoms with van der Waals surface area (Å²) in [5, 5.41) is 0. The quantitative estimate of drug-likeness (QED) is 0.791. The van der Waals surface area contributed by atoms with Crippen LogP contribution in [0.15, 0.2) is 24.3 Å². The molecule has 0 amide bonds. The Bertz CT molecular complexity index is 390. The molecule has 0 radical (unpaired) electrons. The maximum atomic E-state index is 5.87. The van der Waals surface area contributed by atoms with Gasteiger partial charge in [-0.15, -0.1) is 0 Å². The predicted octanol–water partition coefficient (Wildman–Crippen LogP) is 3.06. The van der Waals surface area contributed by atoms with Gasteiger partial charge in [0.1, 0.15) is 0 Å². The first-order valence-electron chi connectivity index (χ1n) is 6.83. The number of nitrogens with zero attached hydrogens (tertiary/aromatic N) is 1. The van der Waals surface area contributed by atoms with Crippen LogP contribution in [0.1, 0.15) is 37.8 Å². The Morgan fingerprint density at radius 3 is 2.59 bits per heavy atom. The van der Waals surface area contributed by atoms with Crippen molar-refractivity contribution in [2.75, 3.05) is 18.8 Å². The van der Waals surface area contributed by atoms with Crippen molar-refractivity contribution in [1.29, 1.82) is 0 Å². The van der Waals surface area contributed by atoms with Gasteiger partial charge in [-0.2, -0.15) is 0 Å². The lowest BCUT2D eigenvalue weighted by Crippen LogP contribution is -2.25. The number of nitrogen functional groups attached to an aromatic ring is 1. The van der Waals surface area contributed by atoms with E-state index in [1.54, 1.807) is 0 Å². The van der Waals surface area contributed by atoms with E-state index in [1.165, 1.54) is 37.9 Å². The zero-order valence-electron chi connectivity index (χ0n) is 10.6. The van der Waals surface area contributed by atoms with E-state index >= 15 is 0 Å². The fourth-order valence-corrected chi connectivity index (χ4v) is 3.62. The Hall–Kier alpha value is -1.02. The van der Waals surface area contributed by atoms with Gasteiger partial charge in [-0.05, 0) is 49.3 Å². The number of fused-ring (bicyclic) bond motifs is 1. The third kappa shape index (κ3) is 2.06. The van der Waals surface area contributed by atoms with Gasteiger partial charge in [0.2, 0.25) is 0 Å². The Morgan fingerprint density at radius 2 is 1.94 bits per heavy atom. The zero-order chi connectivity index (χ0) is 11.8. The molecule has 17 heavy (non-hydrogen) atoms. The van der Waals surface area contributed by atoms with Crippen molar-refractivity contribution in [3.8, 4) is 0 Å². The van der Waals surface area contributed by atoms with Crippen LogP contribution in [-0.4, -0.2) is 18.0 Å². The summed E-state index contributed by atoms with van der Waals surface area (Å²) in [7, 11) is 0. The fourth-order valence-electron chi connectivity index (χ4n) is 3.62. The van der Waals surface area contributed by atoms with E-state index in [1.807, 2.05) is 6.07 Å². The number of nitrogens with two attached hydrogens (primary N) is 1. The number of rotatable bonds is 2. The molecular weight excluding hydrogens is 208 g/mol. The van der Waals surface area contributed by atoms with Crippen LogP contribution in [-0.2, 0) is 0 Å². The number of anilines is 1. The second-order valence-corrected chi connectivity index (χ2v) is 5.75. The molecule has 2 heteroatoms. The van der Waals surface area contributed by atoms with Gasteiger partial charge >= 0.3 is 0 Å². The number of hydrogen-bond acceptors (Lipinski definition) is 2. The first-order chi connectivity index (χ1) is 8.24. The molecule has 1 aromatic carbocycles. The molecule has 1 saturated carbocycles. The van der Waals surface area contributed by atoms with Gasteiger partial charge in [0.05, 0.1) is 0 Å². The van der Waals surface area contributed by atoms with Gasteiger partial charge in [-0.3, -0.25) is 4.90 Å². The molecule has 1 saturated heterocycles. The minimum Gasteiger partial charge on any atom is -0.399 e. The highest BCUT2D eigenvalue weighted by Gasteiger charge is 2.37. The van der Waals surface area contributed by atoms with Crippen molar-refractivity contribution in [2.45, 2.75) is 32.2 Å². The molecule has 0 bridgehead atoms. The van der Waals surface area contributed by atoms with Crippen LogP contribution in [0.5, 0.6) is 0 Å². The molecule has 0 aromatic heterocycles. The van der Waals surface area contributed by atoms with Gasteiger partial charge in [0, 0.05) is 24.8 Å². The number of likely N-dealkylation sites (tertiary alicyclic amines) is 1. The summed E-state index contributed by atoms with van der Waals surface area (Å²) in [5.74, 6) is 1.94. The molecule has 1 aliphatic carbocycles. The molecule has 0 spiro atoms. The highest BCUT2D eigenvalue weighted by atomic mass is 15.2. The van der Waals surface area contributed by atoms with E-state index in [4.69, 9.17) is 5.73 Å². The Morgan fingerprint density at radius 1 is 1.24 bits per heavy atom. The normalized spacial score (nSPS) is 30.4. The standard InChI is InChI=1S/C15H22N2/c1-11(12-4-3-7-15(16)8-12)17-9-13-5-2-6-14(13)10-17/h3-4,7-8,11,13-14H,2,5-6,9-10,16H2,1H3. The number of benzene rings is 1. The van der Waals surface area contributed by atoms with Crippen molar-refractivity contribution in [3.63, 3.8) is 0 Å². The Labute approximate surface area is 104 Å². The lowest BCUT2D eigenvalue weighted by atomic mass is 10.0. The highest BCUT2D eigenvalue weighted by molar-refractivity contribution is 5.41. The summed E-state index contributed by atoms with van der Waals surface area (Å²) in [6.07, 6.45) is 4.35. The summed E-state index contributed by atoms with van der Waals surface area (Å²) in [4.78, 5) is 2.64. The van der Waals surface area contributed by atoms with E-state index in [0.717, 1.165) is 17.5 Å². The second kappa shape index (κ2) is 4.34. The third-order valence-corrected chi connectivity index (χ3v) is 4.70. The molecule has 3 atom stereocenters. The van der Waals surface area contributed by atoms with Crippen molar-refractivity contribution < 1.29 is 0 Å². The zero-order valence-corrected chi connectivity index (χ0v) is 10.6. The highest BCUT2D eigenvalue weighted by Crippen LogP contribution is 2.40. The van der Waals surface area contributed by atoms with Crippen molar-refractivity contribution >= 4 is 5.69 Å². The second-order valence-electron chi connectivity index (χ2n) is 5.75. The van der Waals surface area contributed by atoms with Crippen LogP contribution in [0.25, 0.3) is 0 Å². The predicted molar refractivity (Wildman–Crippen MR) is 71.7 cm³/mol. The van der Waals surface area contributed by atoms with Crippen molar-refractivity contribution in [1.82, 2.24) is 4.90 Å². The molecule has 3 unspecified atom stereocenters. The monoisotopic (exact) mass is 230 g/mol. The maximum Gasteiger partial charge on any atom is 0.0320 e. The van der Waals surface area contributed by atoms with Gasteiger partial charge in [-0.25, -0.2) is 0 Å². The molecule has 92 valence electrons. The average Bonchev–Trinajstić information content (AvgIpc) is 2.88. The number of hydrogen-bond donors (Lipinski definition) is 1. The van der Waals surface area contributed by atoms with Gasteiger partial charge < -0.3 is 5.73 Å². The molecule has 3 rings (SSSR count). The topological polar surface area (TPSA) is 29.3 Å². The molecule has 2 N–H and O–H groups in total. The van der Waals surface area contributed by atoms with Crippen LogP contribution in [0, 0.1) is 11.8 Å². The third-order valence-electron chi connectivity index (χ3n) is 4.70. The SMILES string of the molecule is CC(c1cccc(N)c1)N1CC2CCCC2C1. The smallest absolute Gasteiger partial charge is 0.0320 e. The molecule has 2 nitrogen and oxygen atoms in total. The average molecular weight is 230 g/mol. The van der Waals surface area contributed by atoms with Crippen LogP contribution >= 0.6 is 0 Å². The van der Waals surface area contributed by atoms with Crippen molar-refractivity contribution in [2.24, 2.45) is 11.8 Å². The molecule has 2 aliphatic rings. The van der Waals surface area contributed by atoms with E-state index in [0.29, 0.717) is 6.04 Å². The fraction of sp³-hybridized carbons (Fsp3) is 0.600. The summed E-state index contributed by atoms with van der Waals surface area (Å²) < 4.78 is 0. The first-order valence-corrected chi connectivity index (χ1v) is 6.83. The summed E-state index contributed by atoms with van der Waals surface area (Å²) in [6.45, 7) is 4.90. The first kappa shape index (κ1) is 11.1. The molecule has 1 aromatic rings.